The molecule has 0 amide bonds. The summed E-state index contributed by atoms with van der Waals surface area (Å²) < 4.78 is 0. The monoisotopic (exact) mass is 233 g/mol. The topological polar surface area (TPSA) is 28.2 Å². The fourth-order valence-corrected chi connectivity index (χ4v) is 2.34. The Morgan fingerprint density at radius 2 is 2.29 bits per heavy atom. The van der Waals surface area contributed by atoms with E-state index < -0.39 is 0 Å². The molecule has 2 heterocycles. The van der Waals surface area contributed by atoms with Crippen molar-refractivity contribution in [3.05, 3.63) is 24.0 Å². The first-order chi connectivity index (χ1) is 8.11. The molecule has 1 aromatic rings. The normalized spacial score (nSPS) is 18.6. The van der Waals surface area contributed by atoms with E-state index in [1.165, 1.54) is 12.1 Å². The van der Waals surface area contributed by atoms with Crippen molar-refractivity contribution in [1.82, 2.24) is 10.3 Å². The molecule has 1 aliphatic heterocycles. The molecule has 0 atom stereocenters. The lowest BCUT2D eigenvalue weighted by atomic mass is 9.93. The summed E-state index contributed by atoms with van der Waals surface area (Å²) in [7, 11) is 0. The molecule has 1 N–H and O–H groups in total. The Morgan fingerprint density at radius 3 is 2.94 bits per heavy atom. The van der Waals surface area contributed by atoms with E-state index >= 15 is 0 Å². The van der Waals surface area contributed by atoms with Crippen LogP contribution < -0.4 is 10.2 Å². The zero-order chi connectivity index (χ0) is 12.3. The minimum Gasteiger partial charge on any atom is -0.371 e. The average Bonchev–Trinajstić information content (AvgIpc) is 2.67. The van der Waals surface area contributed by atoms with Crippen LogP contribution in [0.3, 0.4) is 0 Å². The lowest BCUT2D eigenvalue weighted by Crippen LogP contribution is -2.23. The SMILES string of the molecule is CCNCc1cc(N2CCC(C)(C)C2)ccn1. The summed E-state index contributed by atoms with van der Waals surface area (Å²) >= 11 is 0. The van der Waals surface area contributed by atoms with E-state index in [0.29, 0.717) is 5.41 Å². The molecule has 0 spiro atoms. The molecular formula is C14H23N3. The van der Waals surface area contributed by atoms with E-state index in [1.807, 2.05) is 6.20 Å². The molecule has 3 nitrogen and oxygen atoms in total. The average molecular weight is 233 g/mol. The summed E-state index contributed by atoms with van der Waals surface area (Å²) in [6.45, 7) is 11.0. The van der Waals surface area contributed by atoms with Crippen molar-refractivity contribution in [3.8, 4) is 0 Å². The fraction of sp³-hybridized carbons (Fsp3) is 0.643. The van der Waals surface area contributed by atoms with E-state index in [1.54, 1.807) is 0 Å². The van der Waals surface area contributed by atoms with E-state index in [2.05, 4.69) is 48.1 Å². The number of hydrogen-bond donors (Lipinski definition) is 1. The first-order valence-corrected chi connectivity index (χ1v) is 6.51. The Balaban J connectivity index is 2.06. The molecule has 17 heavy (non-hydrogen) atoms. The summed E-state index contributed by atoms with van der Waals surface area (Å²) in [5.41, 5.74) is 2.90. The van der Waals surface area contributed by atoms with Gasteiger partial charge < -0.3 is 10.2 Å². The largest absolute Gasteiger partial charge is 0.371 e. The van der Waals surface area contributed by atoms with Crippen molar-refractivity contribution in [2.75, 3.05) is 24.5 Å². The van der Waals surface area contributed by atoms with Crippen molar-refractivity contribution >= 4 is 5.69 Å². The molecule has 0 aliphatic carbocycles. The van der Waals surface area contributed by atoms with Crippen LogP contribution in [0.1, 0.15) is 32.9 Å². The zero-order valence-corrected chi connectivity index (χ0v) is 11.2. The third-order valence-corrected chi connectivity index (χ3v) is 3.40. The number of hydrogen-bond acceptors (Lipinski definition) is 3. The van der Waals surface area contributed by atoms with Crippen LogP contribution in [0.5, 0.6) is 0 Å². The highest BCUT2D eigenvalue weighted by atomic mass is 15.2. The van der Waals surface area contributed by atoms with Gasteiger partial charge in [0.25, 0.3) is 0 Å². The van der Waals surface area contributed by atoms with Crippen molar-refractivity contribution < 1.29 is 0 Å². The standard InChI is InChI=1S/C14H23N3/c1-4-15-10-12-9-13(5-7-16-12)17-8-6-14(2,3)11-17/h5,7,9,15H,4,6,8,10-11H2,1-3H3. The molecule has 94 valence electrons. The van der Waals surface area contributed by atoms with Crippen LogP contribution in [0.2, 0.25) is 0 Å². The molecule has 1 fully saturated rings. The molecule has 0 aromatic carbocycles. The third-order valence-electron chi connectivity index (χ3n) is 3.40. The van der Waals surface area contributed by atoms with Gasteiger partial charge in [-0.2, -0.15) is 0 Å². The van der Waals surface area contributed by atoms with Gasteiger partial charge in [0.05, 0.1) is 5.69 Å². The molecule has 3 heteroatoms. The molecule has 0 unspecified atom stereocenters. The van der Waals surface area contributed by atoms with Gasteiger partial charge in [0.1, 0.15) is 0 Å². The van der Waals surface area contributed by atoms with Crippen LogP contribution in [0, 0.1) is 5.41 Å². The second-order valence-electron chi connectivity index (χ2n) is 5.62. The number of aromatic nitrogens is 1. The van der Waals surface area contributed by atoms with Crippen molar-refractivity contribution in [2.24, 2.45) is 5.41 Å². The molecule has 0 bridgehead atoms. The number of nitrogens with one attached hydrogen (secondary N) is 1. The van der Waals surface area contributed by atoms with Gasteiger partial charge in [0.2, 0.25) is 0 Å². The Morgan fingerprint density at radius 1 is 1.47 bits per heavy atom. The van der Waals surface area contributed by atoms with Gasteiger partial charge in [-0.25, -0.2) is 0 Å². The molecule has 0 radical (unpaired) electrons. The quantitative estimate of drug-likeness (QED) is 0.865. The van der Waals surface area contributed by atoms with Gasteiger partial charge in [0.15, 0.2) is 0 Å². The Bertz CT molecular complexity index is 373. The maximum atomic E-state index is 4.40. The highest BCUT2D eigenvalue weighted by Gasteiger charge is 2.29. The molecule has 1 aliphatic rings. The van der Waals surface area contributed by atoms with Gasteiger partial charge in [-0.05, 0) is 30.5 Å². The first kappa shape index (κ1) is 12.4. The van der Waals surface area contributed by atoms with Gasteiger partial charge in [-0.15, -0.1) is 0 Å². The number of anilines is 1. The van der Waals surface area contributed by atoms with Crippen molar-refractivity contribution in [1.29, 1.82) is 0 Å². The minimum absolute atomic E-state index is 0.450. The Labute approximate surface area is 104 Å². The van der Waals surface area contributed by atoms with E-state index in [-0.39, 0.29) is 0 Å². The van der Waals surface area contributed by atoms with Gasteiger partial charge in [0, 0.05) is 31.5 Å². The molecule has 1 aromatic heterocycles. The lowest BCUT2D eigenvalue weighted by Gasteiger charge is -2.22. The maximum absolute atomic E-state index is 4.40. The fourth-order valence-electron chi connectivity index (χ4n) is 2.34. The smallest absolute Gasteiger partial charge is 0.0562 e. The van der Waals surface area contributed by atoms with Crippen LogP contribution in [-0.2, 0) is 6.54 Å². The second kappa shape index (κ2) is 5.05. The highest BCUT2D eigenvalue weighted by molar-refractivity contribution is 5.47. The molecule has 2 rings (SSSR count). The van der Waals surface area contributed by atoms with E-state index in [0.717, 1.165) is 31.9 Å². The number of pyridine rings is 1. The summed E-state index contributed by atoms with van der Waals surface area (Å²) in [5.74, 6) is 0. The Hall–Kier alpha value is -1.09. The summed E-state index contributed by atoms with van der Waals surface area (Å²) in [4.78, 5) is 6.86. The first-order valence-electron chi connectivity index (χ1n) is 6.51. The minimum atomic E-state index is 0.450. The molecule has 0 saturated carbocycles. The Kier molecular flexibility index (Phi) is 3.67. The van der Waals surface area contributed by atoms with E-state index in [9.17, 15) is 0 Å². The molecular weight excluding hydrogens is 210 g/mol. The van der Waals surface area contributed by atoms with Crippen LogP contribution in [-0.4, -0.2) is 24.6 Å². The van der Waals surface area contributed by atoms with Gasteiger partial charge >= 0.3 is 0 Å². The lowest BCUT2D eigenvalue weighted by molar-refractivity contribution is 0.418. The number of rotatable bonds is 4. The third kappa shape index (κ3) is 3.19. The summed E-state index contributed by atoms with van der Waals surface area (Å²) in [6.07, 6.45) is 3.20. The number of nitrogens with zero attached hydrogens (tertiary/aromatic N) is 2. The van der Waals surface area contributed by atoms with Crippen molar-refractivity contribution in [3.63, 3.8) is 0 Å². The zero-order valence-electron chi connectivity index (χ0n) is 11.2. The summed E-state index contributed by atoms with van der Waals surface area (Å²) in [5, 5.41) is 3.32. The summed E-state index contributed by atoms with van der Waals surface area (Å²) in [6, 6.07) is 4.33. The van der Waals surface area contributed by atoms with Crippen LogP contribution in [0.4, 0.5) is 5.69 Å². The molecule has 1 saturated heterocycles. The van der Waals surface area contributed by atoms with Crippen molar-refractivity contribution in [2.45, 2.75) is 33.7 Å². The van der Waals surface area contributed by atoms with Gasteiger partial charge in [-0.3, -0.25) is 4.98 Å². The van der Waals surface area contributed by atoms with Crippen LogP contribution in [0.15, 0.2) is 18.3 Å². The second-order valence-corrected chi connectivity index (χ2v) is 5.62. The van der Waals surface area contributed by atoms with Crippen LogP contribution >= 0.6 is 0 Å². The predicted octanol–water partition coefficient (Wildman–Crippen LogP) is 2.43. The highest BCUT2D eigenvalue weighted by Crippen LogP contribution is 2.32. The maximum Gasteiger partial charge on any atom is 0.0562 e. The predicted molar refractivity (Wildman–Crippen MR) is 72.2 cm³/mol. The van der Waals surface area contributed by atoms with Crippen LogP contribution in [0.25, 0.3) is 0 Å². The van der Waals surface area contributed by atoms with Gasteiger partial charge in [-0.1, -0.05) is 20.8 Å². The van der Waals surface area contributed by atoms with E-state index in [4.69, 9.17) is 0 Å².